The van der Waals surface area contributed by atoms with Crippen LogP contribution in [-0.4, -0.2) is 15.7 Å². The summed E-state index contributed by atoms with van der Waals surface area (Å²) < 4.78 is 7.59. The molecule has 6 heteroatoms. The molecule has 130 valence electrons. The zero-order valence-corrected chi connectivity index (χ0v) is 15.4. The van der Waals surface area contributed by atoms with Crippen LogP contribution in [0.25, 0.3) is 0 Å². The molecule has 1 aromatic carbocycles. The van der Waals surface area contributed by atoms with E-state index < -0.39 is 0 Å². The maximum absolute atomic E-state index is 12.4. The van der Waals surface area contributed by atoms with Gasteiger partial charge in [-0.05, 0) is 49.9 Å². The summed E-state index contributed by atoms with van der Waals surface area (Å²) in [5.74, 6) is 0.713. The third-order valence-electron chi connectivity index (χ3n) is 3.79. The zero-order valence-electron chi connectivity index (χ0n) is 14.6. The number of ether oxygens (including phenoxy) is 1. The predicted molar refractivity (Wildman–Crippen MR) is 100 cm³/mol. The number of benzene rings is 1. The molecule has 0 saturated heterocycles. The summed E-state index contributed by atoms with van der Waals surface area (Å²) in [5, 5.41) is 9.21. The molecular weight excluding hydrogens is 334 g/mol. The molecule has 0 bridgehead atoms. The molecule has 5 nitrogen and oxygen atoms in total. The van der Waals surface area contributed by atoms with Gasteiger partial charge in [-0.25, -0.2) is 0 Å². The molecule has 0 saturated carbocycles. The van der Waals surface area contributed by atoms with E-state index in [1.54, 1.807) is 4.68 Å². The third kappa shape index (κ3) is 4.28. The van der Waals surface area contributed by atoms with E-state index >= 15 is 0 Å². The van der Waals surface area contributed by atoms with Crippen molar-refractivity contribution in [1.82, 2.24) is 9.78 Å². The molecule has 0 atom stereocenters. The van der Waals surface area contributed by atoms with Crippen molar-refractivity contribution >= 4 is 22.9 Å². The topological polar surface area (TPSA) is 56.2 Å². The molecule has 1 amide bonds. The van der Waals surface area contributed by atoms with Crippen molar-refractivity contribution in [1.29, 1.82) is 0 Å². The zero-order chi connectivity index (χ0) is 17.8. The Balaban J connectivity index is 1.62. The van der Waals surface area contributed by atoms with Crippen molar-refractivity contribution in [3.63, 3.8) is 0 Å². The van der Waals surface area contributed by atoms with Gasteiger partial charge >= 0.3 is 0 Å². The van der Waals surface area contributed by atoms with Crippen LogP contribution in [0.3, 0.4) is 0 Å². The molecule has 0 fully saturated rings. The predicted octanol–water partition coefficient (Wildman–Crippen LogP) is 4.41. The molecule has 0 spiro atoms. The van der Waals surface area contributed by atoms with E-state index in [-0.39, 0.29) is 5.91 Å². The van der Waals surface area contributed by atoms with Gasteiger partial charge in [0.15, 0.2) is 0 Å². The van der Waals surface area contributed by atoms with Gasteiger partial charge in [0.25, 0.3) is 5.91 Å². The average molecular weight is 355 g/mol. The summed E-state index contributed by atoms with van der Waals surface area (Å²) in [5.41, 5.74) is 3.70. The molecule has 0 aliphatic heterocycles. The summed E-state index contributed by atoms with van der Waals surface area (Å²) in [7, 11) is 0. The van der Waals surface area contributed by atoms with Gasteiger partial charge in [0.05, 0.1) is 16.3 Å². The lowest BCUT2D eigenvalue weighted by Gasteiger charge is -2.05. The molecular formula is C19H21N3O2S. The highest BCUT2D eigenvalue weighted by Crippen LogP contribution is 2.21. The number of hydrogen-bond donors (Lipinski definition) is 1. The Hall–Kier alpha value is -2.60. The Morgan fingerprint density at radius 3 is 2.88 bits per heavy atom. The quantitative estimate of drug-likeness (QED) is 0.712. The fourth-order valence-electron chi connectivity index (χ4n) is 2.43. The van der Waals surface area contributed by atoms with Gasteiger partial charge < -0.3 is 10.1 Å². The van der Waals surface area contributed by atoms with Gasteiger partial charge in [-0.3, -0.25) is 9.48 Å². The van der Waals surface area contributed by atoms with Crippen LogP contribution >= 0.6 is 11.3 Å². The van der Waals surface area contributed by atoms with Gasteiger partial charge in [0.2, 0.25) is 0 Å². The standard InChI is InChI=1S/C19H21N3O2S/c1-4-22-10-17(14(3)21-22)20-19(23)18-9-15(12-25-18)11-24-16-7-5-6-13(2)8-16/h5-10,12H,4,11H2,1-3H3,(H,20,23). The number of aromatic nitrogens is 2. The van der Waals surface area contributed by atoms with Crippen LogP contribution in [0.15, 0.2) is 41.9 Å². The number of rotatable bonds is 6. The van der Waals surface area contributed by atoms with E-state index in [4.69, 9.17) is 4.74 Å². The number of nitrogens with zero attached hydrogens (tertiary/aromatic N) is 2. The molecule has 1 N–H and O–H groups in total. The minimum atomic E-state index is -0.120. The highest BCUT2D eigenvalue weighted by molar-refractivity contribution is 7.12. The van der Waals surface area contributed by atoms with Crippen LogP contribution in [0.4, 0.5) is 5.69 Å². The first-order chi connectivity index (χ1) is 12.0. The first kappa shape index (κ1) is 17.2. The van der Waals surface area contributed by atoms with E-state index in [0.717, 1.165) is 34.8 Å². The molecule has 0 radical (unpaired) electrons. The van der Waals surface area contributed by atoms with E-state index in [2.05, 4.69) is 10.4 Å². The number of thiophene rings is 1. The highest BCUT2D eigenvalue weighted by atomic mass is 32.1. The Bertz CT molecular complexity index is 882. The van der Waals surface area contributed by atoms with Gasteiger partial charge in [-0.15, -0.1) is 11.3 Å². The van der Waals surface area contributed by atoms with Crippen molar-refractivity contribution in [3.8, 4) is 5.75 Å². The number of carbonyl (C=O) groups excluding carboxylic acids is 1. The lowest BCUT2D eigenvalue weighted by molar-refractivity contribution is 0.103. The van der Waals surface area contributed by atoms with Crippen LogP contribution in [0.1, 0.15) is 33.4 Å². The molecule has 25 heavy (non-hydrogen) atoms. The maximum Gasteiger partial charge on any atom is 0.265 e. The van der Waals surface area contributed by atoms with Gasteiger partial charge in [0, 0.05) is 18.3 Å². The fourth-order valence-corrected chi connectivity index (χ4v) is 3.22. The Kier molecular flexibility index (Phi) is 5.19. The summed E-state index contributed by atoms with van der Waals surface area (Å²) in [6, 6.07) is 9.79. The van der Waals surface area contributed by atoms with Crippen LogP contribution in [0.5, 0.6) is 5.75 Å². The normalized spacial score (nSPS) is 10.7. The summed E-state index contributed by atoms with van der Waals surface area (Å²) in [4.78, 5) is 13.1. The maximum atomic E-state index is 12.4. The molecule has 2 heterocycles. The van der Waals surface area contributed by atoms with Crippen molar-refractivity contribution < 1.29 is 9.53 Å². The summed E-state index contributed by atoms with van der Waals surface area (Å²) in [6.07, 6.45) is 1.85. The minimum absolute atomic E-state index is 0.120. The second kappa shape index (κ2) is 7.53. The van der Waals surface area contributed by atoms with Gasteiger partial charge in [0.1, 0.15) is 12.4 Å². The van der Waals surface area contributed by atoms with E-state index in [1.807, 2.05) is 62.7 Å². The second-order valence-electron chi connectivity index (χ2n) is 5.86. The number of aryl methyl sites for hydroxylation is 3. The summed E-state index contributed by atoms with van der Waals surface area (Å²) in [6.45, 7) is 7.15. The lowest BCUT2D eigenvalue weighted by Crippen LogP contribution is -2.10. The van der Waals surface area contributed by atoms with Crippen molar-refractivity contribution in [2.45, 2.75) is 33.9 Å². The fraction of sp³-hybridized carbons (Fsp3) is 0.263. The van der Waals surface area contributed by atoms with E-state index in [0.29, 0.717) is 11.5 Å². The average Bonchev–Trinajstić information content (AvgIpc) is 3.20. The number of anilines is 1. The molecule has 0 aliphatic carbocycles. The van der Waals surface area contributed by atoms with E-state index in [9.17, 15) is 4.79 Å². The van der Waals surface area contributed by atoms with Crippen molar-refractivity contribution in [3.05, 3.63) is 63.6 Å². The number of hydrogen-bond acceptors (Lipinski definition) is 4. The number of amides is 1. The Morgan fingerprint density at radius 1 is 1.32 bits per heavy atom. The molecule has 2 aromatic heterocycles. The monoisotopic (exact) mass is 355 g/mol. The largest absolute Gasteiger partial charge is 0.489 e. The minimum Gasteiger partial charge on any atom is -0.489 e. The Morgan fingerprint density at radius 2 is 2.16 bits per heavy atom. The van der Waals surface area contributed by atoms with Gasteiger partial charge in [-0.2, -0.15) is 5.10 Å². The first-order valence-corrected chi connectivity index (χ1v) is 9.05. The number of nitrogens with one attached hydrogen (secondary N) is 1. The highest BCUT2D eigenvalue weighted by Gasteiger charge is 2.13. The van der Waals surface area contributed by atoms with Crippen molar-refractivity contribution in [2.75, 3.05) is 5.32 Å². The second-order valence-corrected chi connectivity index (χ2v) is 6.77. The first-order valence-electron chi connectivity index (χ1n) is 8.17. The molecule has 3 rings (SSSR count). The smallest absolute Gasteiger partial charge is 0.265 e. The lowest BCUT2D eigenvalue weighted by atomic mass is 10.2. The van der Waals surface area contributed by atoms with Crippen LogP contribution in [-0.2, 0) is 13.2 Å². The van der Waals surface area contributed by atoms with Crippen LogP contribution < -0.4 is 10.1 Å². The summed E-state index contributed by atoms with van der Waals surface area (Å²) >= 11 is 1.41. The third-order valence-corrected chi connectivity index (χ3v) is 4.77. The Labute approximate surface area is 151 Å². The van der Waals surface area contributed by atoms with Crippen molar-refractivity contribution in [2.24, 2.45) is 0 Å². The molecule has 0 aliphatic rings. The molecule has 0 unspecified atom stereocenters. The van der Waals surface area contributed by atoms with E-state index in [1.165, 1.54) is 11.3 Å². The van der Waals surface area contributed by atoms with Crippen LogP contribution in [0, 0.1) is 13.8 Å². The SMILES string of the molecule is CCn1cc(NC(=O)c2cc(COc3cccc(C)c3)cs2)c(C)n1. The molecule has 3 aromatic rings. The number of carbonyl (C=O) groups is 1. The van der Waals surface area contributed by atoms with Gasteiger partial charge in [-0.1, -0.05) is 12.1 Å². The van der Waals surface area contributed by atoms with Crippen LogP contribution in [0.2, 0.25) is 0 Å².